The third-order valence-corrected chi connectivity index (χ3v) is 3.77. The van der Waals surface area contributed by atoms with Gasteiger partial charge in [0.15, 0.2) is 6.54 Å². The predicted octanol–water partition coefficient (Wildman–Crippen LogP) is -0.286. The zero-order valence-corrected chi connectivity index (χ0v) is 11.8. The number of nitrogens with one attached hydrogen (secondary N) is 2. The zero-order chi connectivity index (χ0) is 14.5. The molecule has 0 spiro atoms. The molecule has 2 amide bonds. The van der Waals surface area contributed by atoms with Crippen LogP contribution in [0.1, 0.15) is 18.4 Å². The van der Waals surface area contributed by atoms with E-state index in [0.717, 1.165) is 35.5 Å². The van der Waals surface area contributed by atoms with E-state index in [1.807, 2.05) is 31.2 Å². The van der Waals surface area contributed by atoms with Crippen LogP contribution in [-0.2, 0) is 9.59 Å². The molecule has 1 aromatic rings. The molecule has 1 aliphatic rings. The fraction of sp³-hybridized carbons (Fsp3) is 0.467. The molecule has 1 heterocycles. The largest absolute Gasteiger partial charge is 0.369 e. The molecule has 1 aromatic carbocycles. The molecule has 1 saturated heterocycles. The number of rotatable bonds is 4. The van der Waals surface area contributed by atoms with Crippen molar-refractivity contribution in [1.82, 2.24) is 0 Å². The number of carbonyl (C=O) groups is 2. The maximum Gasteiger partial charge on any atom is 0.279 e. The summed E-state index contributed by atoms with van der Waals surface area (Å²) in [4.78, 5) is 24.3. The van der Waals surface area contributed by atoms with Crippen LogP contribution >= 0.6 is 0 Å². The van der Waals surface area contributed by atoms with Crippen LogP contribution in [0.2, 0.25) is 0 Å². The van der Waals surface area contributed by atoms with Gasteiger partial charge in [-0.05, 0) is 31.9 Å². The van der Waals surface area contributed by atoms with Crippen LogP contribution in [0.15, 0.2) is 24.3 Å². The Labute approximate surface area is 119 Å². The minimum absolute atomic E-state index is 0.0195. The van der Waals surface area contributed by atoms with Crippen molar-refractivity contribution in [2.75, 3.05) is 25.0 Å². The van der Waals surface area contributed by atoms with Gasteiger partial charge in [-0.15, -0.1) is 0 Å². The SMILES string of the molecule is Cc1ccc(NC(=O)C[NH+]2CCC[C@H](C(N)=O)C2)cc1. The molecule has 0 bridgehead atoms. The summed E-state index contributed by atoms with van der Waals surface area (Å²) in [5.74, 6) is -0.360. The summed E-state index contributed by atoms with van der Waals surface area (Å²) < 4.78 is 0. The van der Waals surface area contributed by atoms with Gasteiger partial charge in [0.05, 0.1) is 19.0 Å². The van der Waals surface area contributed by atoms with Crippen LogP contribution in [0.3, 0.4) is 0 Å². The first-order valence-corrected chi connectivity index (χ1v) is 7.04. The summed E-state index contributed by atoms with van der Waals surface area (Å²) in [5.41, 5.74) is 7.31. The van der Waals surface area contributed by atoms with Gasteiger partial charge in [-0.1, -0.05) is 17.7 Å². The van der Waals surface area contributed by atoms with Gasteiger partial charge in [0.25, 0.3) is 5.91 Å². The number of hydrogen-bond acceptors (Lipinski definition) is 2. The average Bonchev–Trinajstić information content (AvgIpc) is 2.41. The number of aryl methyl sites for hydroxylation is 1. The smallest absolute Gasteiger partial charge is 0.279 e. The van der Waals surface area contributed by atoms with Crippen LogP contribution in [0.4, 0.5) is 5.69 Å². The highest BCUT2D eigenvalue weighted by molar-refractivity contribution is 5.91. The number of benzene rings is 1. The zero-order valence-electron chi connectivity index (χ0n) is 11.8. The van der Waals surface area contributed by atoms with Crippen LogP contribution in [0.25, 0.3) is 0 Å². The van der Waals surface area contributed by atoms with Gasteiger partial charge < -0.3 is 16.0 Å². The van der Waals surface area contributed by atoms with Crippen LogP contribution in [-0.4, -0.2) is 31.4 Å². The van der Waals surface area contributed by atoms with E-state index in [2.05, 4.69) is 5.32 Å². The average molecular weight is 276 g/mol. The topological polar surface area (TPSA) is 76.6 Å². The maximum atomic E-state index is 12.0. The molecule has 1 fully saturated rings. The quantitative estimate of drug-likeness (QED) is 0.707. The summed E-state index contributed by atoms with van der Waals surface area (Å²) in [6, 6.07) is 7.72. The van der Waals surface area contributed by atoms with Gasteiger partial charge in [0.2, 0.25) is 5.91 Å². The number of nitrogens with two attached hydrogens (primary N) is 1. The third kappa shape index (κ3) is 4.06. The van der Waals surface area contributed by atoms with Crippen molar-refractivity contribution in [2.24, 2.45) is 11.7 Å². The molecule has 5 heteroatoms. The van der Waals surface area contributed by atoms with E-state index >= 15 is 0 Å². The van der Waals surface area contributed by atoms with Gasteiger partial charge in [-0.2, -0.15) is 0 Å². The Morgan fingerprint density at radius 1 is 1.35 bits per heavy atom. The predicted molar refractivity (Wildman–Crippen MR) is 77.3 cm³/mol. The second kappa shape index (κ2) is 6.52. The number of hydrogen-bond donors (Lipinski definition) is 3. The first-order valence-electron chi connectivity index (χ1n) is 7.04. The van der Waals surface area contributed by atoms with E-state index in [1.54, 1.807) is 0 Å². The fourth-order valence-electron chi connectivity index (χ4n) is 2.62. The minimum Gasteiger partial charge on any atom is -0.369 e. The molecule has 5 nitrogen and oxygen atoms in total. The van der Waals surface area contributed by atoms with Gasteiger partial charge in [-0.25, -0.2) is 0 Å². The molecule has 0 aromatic heterocycles. The molecule has 2 rings (SSSR count). The Morgan fingerprint density at radius 3 is 2.70 bits per heavy atom. The number of anilines is 1. The Hall–Kier alpha value is -1.88. The Morgan fingerprint density at radius 2 is 2.05 bits per heavy atom. The molecule has 20 heavy (non-hydrogen) atoms. The van der Waals surface area contributed by atoms with E-state index in [1.165, 1.54) is 0 Å². The molecule has 2 atom stereocenters. The summed E-state index contributed by atoms with van der Waals surface area (Å²) >= 11 is 0. The Kier molecular flexibility index (Phi) is 4.74. The summed E-state index contributed by atoms with van der Waals surface area (Å²) in [5, 5.41) is 2.88. The number of quaternary nitrogens is 1. The molecular weight excluding hydrogens is 254 g/mol. The molecule has 4 N–H and O–H groups in total. The normalized spacial score (nSPS) is 22.2. The number of amides is 2. The summed E-state index contributed by atoms with van der Waals surface area (Å²) in [6.45, 7) is 3.98. The monoisotopic (exact) mass is 276 g/mol. The Balaban J connectivity index is 1.85. The van der Waals surface area contributed by atoms with E-state index in [9.17, 15) is 9.59 Å². The van der Waals surface area contributed by atoms with E-state index in [-0.39, 0.29) is 17.7 Å². The Bertz CT molecular complexity index is 484. The van der Waals surface area contributed by atoms with Crippen molar-refractivity contribution in [1.29, 1.82) is 0 Å². The second-order valence-corrected chi connectivity index (χ2v) is 5.54. The van der Waals surface area contributed by atoms with E-state index in [4.69, 9.17) is 5.73 Å². The highest BCUT2D eigenvalue weighted by Crippen LogP contribution is 2.08. The van der Waals surface area contributed by atoms with Gasteiger partial charge in [0, 0.05) is 5.69 Å². The standard InChI is InChI=1S/C15H21N3O2/c1-11-4-6-13(7-5-11)17-14(19)10-18-8-2-3-12(9-18)15(16)20/h4-7,12H,2-3,8-10H2,1H3,(H2,16,20)(H,17,19)/p+1/t12-/m0/s1. The first-order chi connectivity index (χ1) is 9.54. The lowest BCUT2D eigenvalue weighted by Gasteiger charge is -2.27. The van der Waals surface area contributed by atoms with Crippen LogP contribution < -0.4 is 16.0 Å². The van der Waals surface area contributed by atoms with Gasteiger partial charge in [0.1, 0.15) is 0 Å². The van der Waals surface area contributed by atoms with Crippen molar-refractivity contribution in [3.05, 3.63) is 29.8 Å². The lowest BCUT2D eigenvalue weighted by molar-refractivity contribution is -0.899. The van der Waals surface area contributed by atoms with E-state index < -0.39 is 0 Å². The fourth-order valence-corrected chi connectivity index (χ4v) is 2.62. The number of primary amides is 1. The maximum absolute atomic E-state index is 12.0. The van der Waals surface area contributed by atoms with Crippen molar-refractivity contribution >= 4 is 17.5 Å². The highest BCUT2D eigenvalue weighted by Gasteiger charge is 2.28. The minimum atomic E-state index is -0.249. The molecule has 1 unspecified atom stereocenters. The van der Waals surface area contributed by atoms with Crippen LogP contribution in [0, 0.1) is 12.8 Å². The number of carbonyl (C=O) groups excluding carboxylic acids is 2. The molecule has 0 radical (unpaired) electrons. The molecule has 0 aliphatic carbocycles. The highest BCUT2D eigenvalue weighted by atomic mass is 16.2. The molecule has 1 aliphatic heterocycles. The van der Waals surface area contributed by atoms with Gasteiger partial charge in [-0.3, -0.25) is 9.59 Å². The molecule has 0 saturated carbocycles. The lowest BCUT2D eigenvalue weighted by Crippen LogP contribution is -3.14. The second-order valence-electron chi connectivity index (χ2n) is 5.54. The number of piperidine rings is 1. The van der Waals surface area contributed by atoms with Crippen LogP contribution in [0.5, 0.6) is 0 Å². The van der Waals surface area contributed by atoms with E-state index in [0.29, 0.717) is 13.1 Å². The lowest BCUT2D eigenvalue weighted by atomic mass is 9.97. The van der Waals surface area contributed by atoms with Crippen molar-refractivity contribution in [2.45, 2.75) is 19.8 Å². The third-order valence-electron chi connectivity index (χ3n) is 3.77. The van der Waals surface area contributed by atoms with Crippen molar-refractivity contribution in [3.8, 4) is 0 Å². The molecule has 108 valence electrons. The summed E-state index contributed by atoms with van der Waals surface area (Å²) in [6.07, 6.45) is 1.79. The summed E-state index contributed by atoms with van der Waals surface area (Å²) in [7, 11) is 0. The first kappa shape index (κ1) is 14.5. The van der Waals surface area contributed by atoms with Crippen molar-refractivity contribution < 1.29 is 14.5 Å². The van der Waals surface area contributed by atoms with Gasteiger partial charge >= 0.3 is 0 Å². The number of likely N-dealkylation sites (tertiary alicyclic amines) is 1. The molecular formula is C15H22N3O2+. The van der Waals surface area contributed by atoms with Crippen molar-refractivity contribution in [3.63, 3.8) is 0 Å².